The predicted octanol–water partition coefficient (Wildman–Crippen LogP) is 1.41. The summed E-state index contributed by atoms with van der Waals surface area (Å²) in [5, 5.41) is 9.20. The number of piperidine rings is 1. The number of likely N-dealkylation sites (tertiary alicyclic amines) is 2. The lowest BCUT2D eigenvalue weighted by Crippen LogP contribution is -2.57. The standard InChI is InChI=1S/C13H24N2O2/c1-11-9-13(10-12(16)17,5-8-14(11)2)15-6-3-4-7-15/h11H,3-10H2,1-2H3,(H,16,17). The average molecular weight is 240 g/mol. The minimum atomic E-state index is -0.645. The second kappa shape index (κ2) is 4.94. The summed E-state index contributed by atoms with van der Waals surface area (Å²) < 4.78 is 0. The first-order chi connectivity index (χ1) is 8.03. The van der Waals surface area contributed by atoms with Crippen LogP contribution in [0.4, 0.5) is 0 Å². The molecule has 2 fully saturated rings. The Morgan fingerprint density at radius 2 is 2.00 bits per heavy atom. The quantitative estimate of drug-likeness (QED) is 0.810. The van der Waals surface area contributed by atoms with E-state index < -0.39 is 5.97 Å². The van der Waals surface area contributed by atoms with Crippen LogP contribution in [0.2, 0.25) is 0 Å². The van der Waals surface area contributed by atoms with Crippen LogP contribution in [0.3, 0.4) is 0 Å². The van der Waals surface area contributed by atoms with Crippen LogP contribution in [0.15, 0.2) is 0 Å². The smallest absolute Gasteiger partial charge is 0.305 e. The SMILES string of the molecule is CC1CC(CC(=O)O)(N2CCCC2)CCN1C. The molecule has 4 heteroatoms. The zero-order valence-corrected chi connectivity index (χ0v) is 11.0. The van der Waals surface area contributed by atoms with Gasteiger partial charge in [0.2, 0.25) is 0 Å². The van der Waals surface area contributed by atoms with Crippen molar-refractivity contribution in [3.05, 3.63) is 0 Å². The van der Waals surface area contributed by atoms with Crippen molar-refractivity contribution in [2.45, 2.75) is 50.6 Å². The van der Waals surface area contributed by atoms with Crippen LogP contribution >= 0.6 is 0 Å². The van der Waals surface area contributed by atoms with E-state index in [-0.39, 0.29) is 5.54 Å². The summed E-state index contributed by atoms with van der Waals surface area (Å²) in [5.74, 6) is -0.645. The molecule has 2 atom stereocenters. The third-order valence-corrected chi connectivity index (χ3v) is 4.61. The van der Waals surface area contributed by atoms with Gasteiger partial charge in [-0.2, -0.15) is 0 Å². The molecule has 0 aromatic carbocycles. The maximum atomic E-state index is 11.2. The zero-order valence-electron chi connectivity index (χ0n) is 11.0. The highest BCUT2D eigenvalue weighted by molar-refractivity contribution is 5.68. The Morgan fingerprint density at radius 3 is 2.53 bits per heavy atom. The molecule has 98 valence electrons. The number of hydrogen-bond acceptors (Lipinski definition) is 3. The van der Waals surface area contributed by atoms with Crippen LogP contribution in [0.25, 0.3) is 0 Å². The number of aliphatic carboxylic acids is 1. The van der Waals surface area contributed by atoms with Gasteiger partial charge in [0.25, 0.3) is 0 Å². The number of hydrogen-bond donors (Lipinski definition) is 1. The predicted molar refractivity (Wildman–Crippen MR) is 67.1 cm³/mol. The molecule has 2 aliphatic heterocycles. The van der Waals surface area contributed by atoms with E-state index >= 15 is 0 Å². The fourth-order valence-corrected chi connectivity index (χ4v) is 3.45. The third kappa shape index (κ3) is 2.63. The van der Waals surface area contributed by atoms with Gasteiger partial charge >= 0.3 is 5.97 Å². The molecule has 2 heterocycles. The van der Waals surface area contributed by atoms with Crippen LogP contribution < -0.4 is 0 Å². The van der Waals surface area contributed by atoms with Crippen LogP contribution in [0.1, 0.15) is 39.0 Å². The Bertz CT molecular complexity index is 289. The molecule has 0 spiro atoms. The van der Waals surface area contributed by atoms with Gasteiger partial charge in [-0.3, -0.25) is 9.69 Å². The van der Waals surface area contributed by atoms with Gasteiger partial charge in [-0.25, -0.2) is 0 Å². The Labute approximate surface area is 104 Å². The van der Waals surface area contributed by atoms with Gasteiger partial charge in [-0.05, 0) is 59.3 Å². The molecule has 2 saturated heterocycles. The van der Waals surface area contributed by atoms with Crippen molar-refractivity contribution in [3.8, 4) is 0 Å². The fourth-order valence-electron chi connectivity index (χ4n) is 3.45. The lowest BCUT2D eigenvalue weighted by atomic mass is 9.79. The molecule has 4 nitrogen and oxygen atoms in total. The Morgan fingerprint density at radius 1 is 1.35 bits per heavy atom. The largest absolute Gasteiger partial charge is 0.481 e. The number of carboxylic acids is 1. The minimum Gasteiger partial charge on any atom is -0.481 e. The molecule has 0 bridgehead atoms. The fraction of sp³-hybridized carbons (Fsp3) is 0.923. The first kappa shape index (κ1) is 12.8. The van der Waals surface area contributed by atoms with E-state index in [1.165, 1.54) is 12.8 Å². The van der Waals surface area contributed by atoms with E-state index in [1.807, 2.05) is 0 Å². The van der Waals surface area contributed by atoms with Crippen molar-refractivity contribution in [2.24, 2.45) is 0 Å². The Balaban J connectivity index is 2.14. The van der Waals surface area contributed by atoms with Gasteiger partial charge in [0.1, 0.15) is 0 Å². The first-order valence-corrected chi connectivity index (χ1v) is 6.71. The van der Waals surface area contributed by atoms with Crippen molar-refractivity contribution >= 4 is 5.97 Å². The maximum Gasteiger partial charge on any atom is 0.305 e. The monoisotopic (exact) mass is 240 g/mol. The summed E-state index contributed by atoms with van der Waals surface area (Å²) in [7, 11) is 2.14. The second-order valence-electron chi connectivity index (χ2n) is 5.77. The summed E-state index contributed by atoms with van der Waals surface area (Å²) in [4.78, 5) is 16.0. The normalized spacial score (nSPS) is 36.2. The van der Waals surface area contributed by atoms with E-state index in [0.29, 0.717) is 12.5 Å². The molecule has 1 N–H and O–H groups in total. The van der Waals surface area contributed by atoms with Gasteiger partial charge in [-0.1, -0.05) is 0 Å². The van der Waals surface area contributed by atoms with Crippen molar-refractivity contribution in [3.63, 3.8) is 0 Å². The highest BCUT2D eigenvalue weighted by atomic mass is 16.4. The van der Waals surface area contributed by atoms with Crippen molar-refractivity contribution in [2.75, 3.05) is 26.7 Å². The van der Waals surface area contributed by atoms with E-state index in [2.05, 4.69) is 23.8 Å². The van der Waals surface area contributed by atoms with Gasteiger partial charge in [0.15, 0.2) is 0 Å². The minimum absolute atomic E-state index is 0.0751. The number of nitrogens with zero attached hydrogens (tertiary/aromatic N) is 2. The summed E-state index contributed by atoms with van der Waals surface area (Å²) in [6.07, 6.45) is 4.76. The lowest BCUT2D eigenvalue weighted by molar-refractivity contribution is -0.141. The Hall–Kier alpha value is -0.610. The molecule has 17 heavy (non-hydrogen) atoms. The molecule has 0 radical (unpaired) electrons. The van der Waals surface area contributed by atoms with Gasteiger partial charge < -0.3 is 10.0 Å². The summed E-state index contributed by atoms with van der Waals surface area (Å²) in [6, 6.07) is 0.490. The number of carbonyl (C=O) groups is 1. The molecular weight excluding hydrogens is 216 g/mol. The van der Waals surface area contributed by atoms with E-state index in [1.54, 1.807) is 0 Å². The summed E-state index contributed by atoms with van der Waals surface area (Å²) in [5.41, 5.74) is -0.0751. The van der Waals surface area contributed by atoms with Gasteiger partial charge in [0.05, 0.1) is 6.42 Å². The number of rotatable bonds is 3. The van der Waals surface area contributed by atoms with Crippen LogP contribution in [0.5, 0.6) is 0 Å². The van der Waals surface area contributed by atoms with Crippen molar-refractivity contribution in [1.82, 2.24) is 9.80 Å². The molecule has 0 saturated carbocycles. The van der Waals surface area contributed by atoms with E-state index in [0.717, 1.165) is 32.5 Å². The Kier molecular flexibility index (Phi) is 3.73. The second-order valence-corrected chi connectivity index (χ2v) is 5.77. The van der Waals surface area contributed by atoms with Gasteiger partial charge in [-0.15, -0.1) is 0 Å². The third-order valence-electron chi connectivity index (χ3n) is 4.61. The van der Waals surface area contributed by atoms with E-state index in [9.17, 15) is 9.90 Å². The highest BCUT2D eigenvalue weighted by Crippen LogP contribution is 2.36. The summed E-state index contributed by atoms with van der Waals surface area (Å²) >= 11 is 0. The molecular formula is C13H24N2O2. The first-order valence-electron chi connectivity index (χ1n) is 6.71. The summed E-state index contributed by atoms with van der Waals surface area (Å²) in [6.45, 7) is 5.41. The van der Waals surface area contributed by atoms with Crippen molar-refractivity contribution in [1.29, 1.82) is 0 Å². The average Bonchev–Trinajstić information content (AvgIpc) is 2.76. The molecule has 2 aliphatic rings. The lowest BCUT2D eigenvalue weighted by Gasteiger charge is -2.49. The van der Waals surface area contributed by atoms with Crippen molar-refractivity contribution < 1.29 is 9.90 Å². The molecule has 0 amide bonds. The molecule has 0 aliphatic carbocycles. The van der Waals surface area contributed by atoms with Crippen LogP contribution in [-0.4, -0.2) is 59.1 Å². The molecule has 2 unspecified atom stereocenters. The topological polar surface area (TPSA) is 43.8 Å². The molecule has 0 aromatic heterocycles. The highest BCUT2D eigenvalue weighted by Gasteiger charge is 2.44. The molecule has 2 rings (SSSR count). The van der Waals surface area contributed by atoms with Gasteiger partial charge in [0, 0.05) is 11.6 Å². The van der Waals surface area contributed by atoms with Crippen LogP contribution in [0, 0.1) is 0 Å². The van der Waals surface area contributed by atoms with Crippen LogP contribution in [-0.2, 0) is 4.79 Å². The molecule has 0 aromatic rings. The maximum absolute atomic E-state index is 11.2. The van der Waals surface area contributed by atoms with E-state index in [4.69, 9.17) is 0 Å². The number of carboxylic acid groups (broad SMARTS) is 1. The zero-order chi connectivity index (χ0) is 12.5.